The number of fused-ring (bicyclic) bond motifs is 1. The van der Waals surface area contributed by atoms with Crippen molar-refractivity contribution in [3.8, 4) is 0 Å². The third-order valence-corrected chi connectivity index (χ3v) is 6.91. The predicted molar refractivity (Wildman–Crippen MR) is 109 cm³/mol. The molecule has 8 heteroatoms. The number of aromatic nitrogens is 1. The largest absolute Gasteiger partial charge is 0.417 e. The number of anilines is 1. The lowest BCUT2D eigenvalue weighted by Crippen LogP contribution is -2.52. The summed E-state index contributed by atoms with van der Waals surface area (Å²) >= 11 is 0. The highest BCUT2D eigenvalue weighted by molar-refractivity contribution is 5.78. The van der Waals surface area contributed by atoms with Gasteiger partial charge in [-0.2, -0.15) is 13.2 Å². The van der Waals surface area contributed by atoms with E-state index in [0.29, 0.717) is 30.9 Å². The van der Waals surface area contributed by atoms with Crippen LogP contribution in [0.25, 0.3) is 0 Å². The third-order valence-electron chi connectivity index (χ3n) is 6.91. The Morgan fingerprint density at radius 3 is 2.53 bits per heavy atom. The Morgan fingerprint density at radius 1 is 0.967 bits per heavy atom. The van der Waals surface area contributed by atoms with Crippen molar-refractivity contribution in [3.63, 3.8) is 0 Å². The fourth-order valence-electron chi connectivity index (χ4n) is 5.32. The van der Waals surface area contributed by atoms with E-state index >= 15 is 0 Å². The summed E-state index contributed by atoms with van der Waals surface area (Å²) in [6.45, 7) is 4.27. The maximum Gasteiger partial charge on any atom is 0.417 e. The molecule has 2 saturated heterocycles. The fourth-order valence-corrected chi connectivity index (χ4v) is 5.32. The molecule has 0 aromatic carbocycles. The van der Waals surface area contributed by atoms with E-state index in [1.165, 1.54) is 31.7 Å². The van der Waals surface area contributed by atoms with Gasteiger partial charge in [0, 0.05) is 45.0 Å². The Balaban J connectivity index is 1.32. The molecule has 1 aromatic heterocycles. The summed E-state index contributed by atoms with van der Waals surface area (Å²) in [7, 11) is 0. The van der Waals surface area contributed by atoms with Crippen LogP contribution >= 0.6 is 0 Å². The van der Waals surface area contributed by atoms with Gasteiger partial charge in [-0.3, -0.25) is 9.69 Å². The Labute approximate surface area is 176 Å². The minimum atomic E-state index is -4.37. The average Bonchev–Trinajstić information content (AvgIpc) is 2.98. The number of piperidine rings is 1. The van der Waals surface area contributed by atoms with Crippen molar-refractivity contribution in [2.75, 3.05) is 44.2 Å². The van der Waals surface area contributed by atoms with Gasteiger partial charge < -0.3 is 9.80 Å². The van der Waals surface area contributed by atoms with Crippen LogP contribution in [-0.4, -0.2) is 66.0 Å². The number of nitrogens with zero attached hydrogens (tertiary/aromatic N) is 4. The van der Waals surface area contributed by atoms with Crippen LogP contribution in [0.2, 0.25) is 0 Å². The molecule has 2 aliphatic heterocycles. The van der Waals surface area contributed by atoms with Crippen LogP contribution in [0.3, 0.4) is 0 Å². The van der Waals surface area contributed by atoms with Gasteiger partial charge in [-0.05, 0) is 50.2 Å². The first-order valence-electron chi connectivity index (χ1n) is 11.2. The monoisotopic (exact) mass is 424 g/mol. The standard InChI is InChI=1S/C22H31F3N4O/c23-22(24,25)18-8-9-20(26-15-18)28-11-4-10-27(13-14-28)16-21(30)29-12-3-6-17-5-1-2-7-19(17)29/h8-9,15,17,19H,1-7,10-14,16H2. The van der Waals surface area contributed by atoms with E-state index in [2.05, 4.69) is 14.8 Å². The minimum Gasteiger partial charge on any atom is -0.355 e. The topological polar surface area (TPSA) is 39.7 Å². The number of amides is 1. The summed E-state index contributed by atoms with van der Waals surface area (Å²) in [5.74, 6) is 1.49. The zero-order valence-corrected chi connectivity index (χ0v) is 17.4. The van der Waals surface area contributed by atoms with Gasteiger partial charge in [0.05, 0.1) is 12.1 Å². The molecule has 1 saturated carbocycles. The molecule has 1 aliphatic carbocycles. The molecule has 1 amide bonds. The highest BCUT2D eigenvalue weighted by atomic mass is 19.4. The SMILES string of the molecule is O=C(CN1CCCN(c2ccc(C(F)(F)F)cn2)CC1)N1CCCC2CCCCC21. The van der Waals surface area contributed by atoms with E-state index < -0.39 is 11.7 Å². The summed E-state index contributed by atoms with van der Waals surface area (Å²) in [6, 6.07) is 2.96. The molecule has 0 bridgehead atoms. The van der Waals surface area contributed by atoms with Crippen molar-refractivity contribution in [2.24, 2.45) is 5.92 Å². The fraction of sp³-hybridized carbons (Fsp3) is 0.727. The molecule has 3 fully saturated rings. The Bertz CT molecular complexity index is 722. The van der Waals surface area contributed by atoms with E-state index in [1.54, 1.807) is 0 Å². The number of pyridine rings is 1. The molecule has 0 radical (unpaired) electrons. The van der Waals surface area contributed by atoms with Crippen LogP contribution < -0.4 is 4.90 Å². The normalized spacial score (nSPS) is 26.2. The zero-order valence-electron chi connectivity index (χ0n) is 17.4. The van der Waals surface area contributed by atoms with Crippen LogP contribution in [0.15, 0.2) is 18.3 Å². The molecule has 30 heavy (non-hydrogen) atoms. The summed E-state index contributed by atoms with van der Waals surface area (Å²) in [6.07, 6.45) is 4.69. The van der Waals surface area contributed by atoms with E-state index in [0.717, 1.165) is 57.7 Å². The lowest BCUT2D eigenvalue weighted by Gasteiger charge is -2.44. The molecule has 4 rings (SSSR count). The summed E-state index contributed by atoms with van der Waals surface area (Å²) in [5.41, 5.74) is -0.726. The first-order valence-corrected chi connectivity index (χ1v) is 11.2. The molecule has 0 N–H and O–H groups in total. The maximum atomic E-state index is 13.1. The van der Waals surface area contributed by atoms with Gasteiger partial charge in [0.2, 0.25) is 5.91 Å². The van der Waals surface area contributed by atoms with Crippen molar-refractivity contribution in [3.05, 3.63) is 23.9 Å². The number of carbonyl (C=O) groups excluding carboxylic acids is 1. The molecule has 2 atom stereocenters. The minimum absolute atomic E-state index is 0.243. The van der Waals surface area contributed by atoms with Crippen molar-refractivity contribution >= 4 is 11.7 Å². The van der Waals surface area contributed by atoms with Gasteiger partial charge in [0.15, 0.2) is 0 Å². The number of halogens is 3. The van der Waals surface area contributed by atoms with Gasteiger partial charge in [0.1, 0.15) is 5.82 Å². The third kappa shape index (κ3) is 4.90. The number of hydrogen-bond donors (Lipinski definition) is 0. The van der Waals surface area contributed by atoms with Crippen LogP contribution in [0.1, 0.15) is 50.5 Å². The summed E-state index contributed by atoms with van der Waals surface area (Å²) in [5, 5.41) is 0. The second kappa shape index (κ2) is 9.12. The molecule has 3 aliphatic rings. The molecule has 0 spiro atoms. The Morgan fingerprint density at radius 2 is 1.77 bits per heavy atom. The smallest absolute Gasteiger partial charge is 0.355 e. The van der Waals surface area contributed by atoms with Gasteiger partial charge >= 0.3 is 6.18 Å². The number of rotatable bonds is 3. The molecule has 3 heterocycles. The predicted octanol–water partition coefficient (Wildman–Crippen LogP) is 3.79. The van der Waals surface area contributed by atoms with Crippen molar-refractivity contribution in [2.45, 2.75) is 57.2 Å². The Kier molecular flexibility index (Phi) is 6.51. The summed E-state index contributed by atoms with van der Waals surface area (Å²) < 4.78 is 38.3. The lowest BCUT2D eigenvalue weighted by atomic mass is 9.78. The van der Waals surface area contributed by atoms with Crippen LogP contribution in [0.4, 0.5) is 19.0 Å². The summed E-state index contributed by atoms with van der Waals surface area (Å²) in [4.78, 5) is 23.5. The number of likely N-dealkylation sites (tertiary alicyclic amines) is 1. The van der Waals surface area contributed by atoms with Gasteiger partial charge in [-0.1, -0.05) is 12.8 Å². The van der Waals surface area contributed by atoms with E-state index in [4.69, 9.17) is 0 Å². The van der Waals surface area contributed by atoms with Crippen LogP contribution in [0.5, 0.6) is 0 Å². The maximum absolute atomic E-state index is 13.1. The number of alkyl halides is 3. The van der Waals surface area contributed by atoms with Crippen LogP contribution in [-0.2, 0) is 11.0 Å². The molecule has 2 unspecified atom stereocenters. The Hall–Kier alpha value is -1.83. The first kappa shape index (κ1) is 21.4. The van der Waals surface area contributed by atoms with Crippen molar-refractivity contribution in [1.82, 2.24) is 14.8 Å². The van der Waals surface area contributed by atoms with Gasteiger partial charge in [-0.25, -0.2) is 4.98 Å². The molecular formula is C22H31F3N4O. The van der Waals surface area contributed by atoms with E-state index in [9.17, 15) is 18.0 Å². The van der Waals surface area contributed by atoms with E-state index in [1.807, 2.05) is 4.90 Å². The second-order valence-electron chi connectivity index (χ2n) is 8.86. The zero-order chi connectivity index (χ0) is 21.1. The van der Waals surface area contributed by atoms with Gasteiger partial charge in [0.25, 0.3) is 0 Å². The van der Waals surface area contributed by atoms with Crippen molar-refractivity contribution < 1.29 is 18.0 Å². The average molecular weight is 425 g/mol. The highest BCUT2D eigenvalue weighted by Gasteiger charge is 2.36. The number of hydrogen-bond acceptors (Lipinski definition) is 4. The van der Waals surface area contributed by atoms with Crippen molar-refractivity contribution in [1.29, 1.82) is 0 Å². The highest BCUT2D eigenvalue weighted by Crippen LogP contribution is 2.35. The quantitative estimate of drug-likeness (QED) is 0.740. The second-order valence-corrected chi connectivity index (χ2v) is 8.86. The van der Waals surface area contributed by atoms with E-state index in [-0.39, 0.29) is 5.91 Å². The molecule has 5 nitrogen and oxygen atoms in total. The molecule has 1 aromatic rings. The lowest BCUT2D eigenvalue weighted by molar-refractivity contribution is -0.139. The van der Waals surface area contributed by atoms with Crippen LogP contribution in [0, 0.1) is 5.92 Å². The first-order chi connectivity index (χ1) is 14.4. The molecular weight excluding hydrogens is 393 g/mol. The number of carbonyl (C=O) groups is 1. The molecule has 166 valence electrons. The van der Waals surface area contributed by atoms with Gasteiger partial charge in [-0.15, -0.1) is 0 Å².